The van der Waals surface area contributed by atoms with Gasteiger partial charge in [-0.25, -0.2) is 14.5 Å². The molecule has 1 N–H and O–H groups in total. The monoisotopic (exact) mass is 231 g/mol. The summed E-state index contributed by atoms with van der Waals surface area (Å²) < 4.78 is 1.47. The highest BCUT2D eigenvalue weighted by Crippen LogP contribution is 2.13. The number of carbonyl (C=O) groups excluding carboxylic acids is 1. The molecule has 0 aliphatic heterocycles. The van der Waals surface area contributed by atoms with Gasteiger partial charge in [0.2, 0.25) is 0 Å². The van der Waals surface area contributed by atoms with E-state index in [9.17, 15) is 9.59 Å². The number of hydrogen-bond donors (Lipinski definition) is 1. The van der Waals surface area contributed by atoms with E-state index in [1.165, 1.54) is 23.7 Å². The SMILES string of the molecule is CC(=O)c1nc(C(=O)O)ccc1-n1cccn1. The van der Waals surface area contributed by atoms with Crippen molar-refractivity contribution in [3.63, 3.8) is 0 Å². The second-order valence-electron chi connectivity index (χ2n) is 3.38. The summed E-state index contributed by atoms with van der Waals surface area (Å²) in [5.41, 5.74) is 0.396. The lowest BCUT2D eigenvalue weighted by Crippen LogP contribution is -2.11. The number of pyridine rings is 1. The van der Waals surface area contributed by atoms with E-state index in [-0.39, 0.29) is 17.2 Å². The molecular weight excluding hydrogens is 222 g/mol. The molecule has 0 saturated carbocycles. The summed E-state index contributed by atoms with van der Waals surface area (Å²) >= 11 is 0. The first-order valence-electron chi connectivity index (χ1n) is 4.85. The molecule has 0 aliphatic carbocycles. The van der Waals surface area contributed by atoms with Crippen molar-refractivity contribution in [2.45, 2.75) is 6.92 Å². The lowest BCUT2D eigenvalue weighted by Gasteiger charge is -2.06. The number of rotatable bonds is 3. The number of carboxylic acids is 1. The van der Waals surface area contributed by atoms with Gasteiger partial charge in [0, 0.05) is 19.3 Å². The zero-order valence-electron chi connectivity index (χ0n) is 8.99. The summed E-state index contributed by atoms with van der Waals surface area (Å²) in [6, 6.07) is 4.56. The fraction of sp³-hybridized carbons (Fsp3) is 0.0909. The van der Waals surface area contributed by atoms with Crippen molar-refractivity contribution in [2.24, 2.45) is 0 Å². The number of aromatic carboxylic acids is 1. The van der Waals surface area contributed by atoms with Crippen LogP contribution in [0.4, 0.5) is 0 Å². The van der Waals surface area contributed by atoms with E-state index in [1.807, 2.05) is 0 Å². The second-order valence-corrected chi connectivity index (χ2v) is 3.38. The predicted molar refractivity (Wildman–Crippen MR) is 58.3 cm³/mol. The van der Waals surface area contributed by atoms with Crippen LogP contribution in [0.15, 0.2) is 30.6 Å². The molecule has 0 radical (unpaired) electrons. The van der Waals surface area contributed by atoms with E-state index in [0.717, 1.165) is 0 Å². The minimum atomic E-state index is -1.17. The lowest BCUT2D eigenvalue weighted by molar-refractivity contribution is 0.0690. The van der Waals surface area contributed by atoms with Crippen LogP contribution in [-0.2, 0) is 0 Å². The average Bonchev–Trinajstić information content (AvgIpc) is 2.81. The van der Waals surface area contributed by atoms with E-state index in [1.54, 1.807) is 18.5 Å². The Morgan fingerprint density at radius 1 is 1.35 bits per heavy atom. The molecular formula is C11H9N3O3. The number of nitrogens with zero attached hydrogens (tertiary/aromatic N) is 3. The second kappa shape index (κ2) is 4.17. The Bertz CT molecular complexity index is 576. The number of ketones is 1. The average molecular weight is 231 g/mol. The standard InChI is InChI=1S/C11H9N3O3/c1-7(15)10-9(14-6-2-5-12-14)4-3-8(13-10)11(16)17/h2-6H,1H3,(H,16,17). The maximum atomic E-state index is 11.4. The van der Waals surface area contributed by atoms with Crippen LogP contribution in [-0.4, -0.2) is 31.6 Å². The first-order chi connectivity index (χ1) is 8.09. The van der Waals surface area contributed by atoms with Crippen LogP contribution in [0.2, 0.25) is 0 Å². The van der Waals surface area contributed by atoms with Gasteiger partial charge in [0.15, 0.2) is 5.78 Å². The van der Waals surface area contributed by atoms with Gasteiger partial charge in [-0.05, 0) is 18.2 Å². The third-order valence-electron chi connectivity index (χ3n) is 2.18. The van der Waals surface area contributed by atoms with Gasteiger partial charge >= 0.3 is 5.97 Å². The van der Waals surface area contributed by atoms with Crippen LogP contribution in [0.5, 0.6) is 0 Å². The summed E-state index contributed by atoms with van der Waals surface area (Å²) in [5.74, 6) is -1.47. The predicted octanol–water partition coefficient (Wildman–Crippen LogP) is 1.17. The molecule has 0 bridgehead atoms. The van der Waals surface area contributed by atoms with E-state index in [0.29, 0.717) is 5.69 Å². The van der Waals surface area contributed by atoms with Crippen LogP contribution < -0.4 is 0 Å². The number of carboxylic acid groups (broad SMARTS) is 1. The fourth-order valence-electron chi connectivity index (χ4n) is 1.43. The number of hydrogen-bond acceptors (Lipinski definition) is 4. The Labute approximate surface area is 96.5 Å². The van der Waals surface area contributed by atoms with E-state index in [4.69, 9.17) is 5.11 Å². The molecule has 2 aromatic rings. The molecule has 6 nitrogen and oxygen atoms in total. The van der Waals surface area contributed by atoms with Gasteiger partial charge < -0.3 is 5.11 Å². The molecule has 0 atom stereocenters. The number of Topliss-reactive ketones (excluding diaryl/α,β-unsaturated/α-hetero) is 1. The minimum Gasteiger partial charge on any atom is -0.477 e. The number of carbonyl (C=O) groups is 2. The van der Waals surface area contributed by atoms with Crippen molar-refractivity contribution >= 4 is 11.8 Å². The van der Waals surface area contributed by atoms with Crippen LogP contribution in [0.1, 0.15) is 27.9 Å². The summed E-state index contributed by atoms with van der Waals surface area (Å²) in [6.45, 7) is 1.33. The molecule has 0 aromatic carbocycles. The van der Waals surface area contributed by atoms with Crippen molar-refractivity contribution in [1.29, 1.82) is 0 Å². The first kappa shape index (κ1) is 11.0. The highest BCUT2D eigenvalue weighted by atomic mass is 16.4. The smallest absolute Gasteiger partial charge is 0.354 e. The highest BCUT2D eigenvalue weighted by Gasteiger charge is 2.14. The van der Waals surface area contributed by atoms with Gasteiger partial charge in [-0.15, -0.1) is 0 Å². The van der Waals surface area contributed by atoms with Gasteiger partial charge in [-0.2, -0.15) is 5.10 Å². The molecule has 2 heterocycles. The molecule has 17 heavy (non-hydrogen) atoms. The zero-order chi connectivity index (χ0) is 12.4. The van der Waals surface area contributed by atoms with Crippen LogP contribution in [0.3, 0.4) is 0 Å². The summed E-state index contributed by atoms with van der Waals surface area (Å²) in [7, 11) is 0. The van der Waals surface area contributed by atoms with Crippen molar-refractivity contribution in [3.05, 3.63) is 42.0 Å². The largest absolute Gasteiger partial charge is 0.477 e. The van der Waals surface area contributed by atoms with Gasteiger partial charge in [0.05, 0.1) is 5.69 Å². The van der Waals surface area contributed by atoms with E-state index in [2.05, 4.69) is 10.1 Å². The summed E-state index contributed by atoms with van der Waals surface area (Å²) in [4.78, 5) is 26.0. The molecule has 0 unspecified atom stereocenters. The number of aromatic nitrogens is 3. The maximum Gasteiger partial charge on any atom is 0.354 e. The molecule has 0 saturated heterocycles. The van der Waals surface area contributed by atoms with Crippen molar-refractivity contribution in [2.75, 3.05) is 0 Å². The van der Waals surface area contributed by atoms with Gasteiger partial charge in [-0.1, -0.05) is 0 Å². The lowest BCUT2D eigenvalue weighted by atomic mass is 10.2. The van der Waals surface area contributed by atoms with Crippen LogP contribution in [0.25, 0.3) is 5.69 Å². The topological polar surface area (TPSA) is 85.1 Å². The van der Waals surface area contributed by atoms with Crippen molar-refractivity contribution in [3.8, 4) is 5.69 Å². The third-order valence-corrected chi connectivity index (χ3v) is 2.18. The Kier molecular flexibility index (Phi) is 2.70. The third kappa shape index (κ3) is 2.05. The molecule has 6 heteroatoms. The Morgan fingerprint density at radius 2 is 2.12 bits per heavy atom. The van der Waals surface area contributed by atoms with Crippen molar-refractivity contribution < 1.29 is 14.7 Å². The van der Waals surface area contributed by atoms with E-state index < -0.39 is 5.97 Å². The fourth-order valence-corrected chi connectivity index (χ4v) is 1.43. The normalized spacial score (nSPS) is 10.2. The van der Waals surface area contributed by atoms with E-state index >= 15 is 0 Å². The molecule has 0 spiro atoms. The van der Waals surface area contributed by atoms with Gasteiger partial charge in [0.1, 0.15) is 11.4 Å². The highest BCUT2D eigenvalue weighted by molar-refractivity contribution is 5.97. The van der Waals surface area contributed by atoms with Crippen molar-refractivity contribution in [1.82, 2.24) is 14.8 Å². The van der Waals surface area contributed by atoms with Gasteiger partial charge in [0.25, 0.3) is 0 Å². The van der Waals surface area contributed by atoms with Crippen LogP contribution >= 0.6 is 0 Å². The molecule has 2 aromatic heterocycles. The summed E-state index contributed by atoms with van der Waals surface area (Å²) in [6.07, 6.45) is 3.22. The molecule has 0 aliphatic rings. The molecule has 86 valence electrons. The molecule has 0 amide bonds. The maximum absolute atomic E-state index is 11.4. The molecule has 0 fully saturated rings. The van der Waals surface area contributed by atoms with Gasteiger partial charge in [-0.3, -0.25) is 4.79 Å². The summed E-state index contributed by atoms with van der Waals surface area (Å²) in [5, 5.41) is 12.8. The molecule has 2 rings (SSSR count). The quantitative estimate of drug-likeness (QED) is 0.801. The van der Waals surface area contributed by atoms with Crippen LogP contribution in [0, 0.1) is 0 Å². The minimum absolute atomic E-state index is 0.0913. The Balaban J connectivity index is 2.61. The Morgan fingerprint density at radius 3 is 2.65 bits per heavy atom. The Hall–Kier alpha value is -2.50. The first-order valence-corrected chi connectivity index (χ1v) is 4.85. The zero-order valence-corrected chi connectivity index (χ0v) is 8.99.